The zero-order valence-electron chi connectivity index (χ0n) is 15.4. The van der Waals surface area contributed by atoms with E-state index in [1.165, 1.54) is 29.2 Å². The quantitative estimate of drug-likeness (QED) is 0.752. The Kier molecular flexibility index (Phi) is 7.22. The third kappa shape index (κ3) is 6.02. The van der Waals surface area contributed by atoms with Gasteiger partial charge in [-0.05, 0) is 48.4 Å². The number of nitrogens with zero attached hydrogens (tertiary/aromatic N) is 1. The van der Waals surface area contributed by atoms with E-state index in [0.717, 1.165) is 5.56 Å². The van der Waals surface area contributed by atoms with Crippen molar-refractivity contribution in [2.45, 2.75) is 13.0 Å². The molecule has 0 aliphatic rings. The first-order valence-electron chi connectivity index (χ1n) is 8.21. The molecule has 2 rings (SSSR count). The van der Waals surface area contributed by atoms with Gasteiger partial charge in [-0.1, -0.05) is 6.07 Å². The van der Waals surface area contributed by atoms with Crippen LogP contribution in [0.4, 0.5) is 19.3 Å². The number of nitrogens with one attached hydrogen (secondary N) is 1. The number of benzene rings is 2. The summed E-state index contributed by atoms with van der Waals surface area (Å²) in [5.41, 5.74) is 1.49. The van der Waals surface area contributed by atoms with Crippen molar-refractivity contribution >= 4 is 11.7 Å². The summed E-state index contributed by atoms with van der Waals surface area (Å²) in [6.45, 7) is -2.40. The topological polar surface area (TPSA) is 60.0 Å². The van der Waals surface area contributed by atoms with Gasteiger partial charge in [0.15, 0.2) is 11.5 Å². The molecule has 1 N–H and O–H groups in total. The Hall–Kier alpha value is -3.03. The van der Waals surface area contributed by atoms with Crippen molar-refractivity contribution in [1.29, 1.82) is 0 Å². The molecule has 0 radical (unpaired) electrons. The number of anilines is 1. The molecule has 8 heteroatoms. The van der Waals surface area contributed by atoms with Crippen LogP contribution in [0, 0.1) is 0 Å². The molecule has 0 atom stereocenters. The Bertz CT molecular complexity index is 754. The van der Waals surface area contributed by atoms with E-state index < -0.39 is 6.61 Å². The average Bonchev–Trinajstić information content (AvgIpc) is 2.66. The van der Waals surface area contributed by atoms with Gasteiger partial charge >= 0.3 is 12.6 Å². The van der Waals surface area contributed by atoms with E-state index >= 15 is 0 Å². The molecule has 0 saturated heterocycles. The zero-order valence-corrected chi connectivity index (χ0v) is 15.4. The second-order valence-corrected chi connectivity index (χ2v) is 5.69. The lowest BCUT2D eigenvalue weighted by molar-refractivity contribution is -0.0498. The van der Waals surface area contributed by atoms with Crippen LogP contribution in [0.25, 0.3) is 0 Å². The highest BCUT2D eigenvalue weighted by molar-refractivity contribution is 5.89. The maximum Gasteiger partial charge on any atom is 0.387 e. The summed E-state index contributed by atoms with van der Waals surface area (Å²) in [7, 11) is 4.81. The standard InChI is InChI=1S/C19H22F2N2O4/c1-23(11-10-13-4-9-16(25-2)17(12-13)26-3)19(24)22-14-5-7-15(8-6-14)27-18(20)21/h4-9,12,18H,10-11H2,1-3H3,(H,22,24). The molecule has 0 fully saturated rings. The first-order valence-corrected chi connectivity index (χ1v) is 8.21. The molecule has 0 unspecified atom stereocenters. The summed E-state index contributed by atoms with van der Waals surface area (Å²) in [6.07, 6.45) is 0.630. The van der Waals surface area contributed by atoms with Crippen molar-refractivity contribution in [2.75, 3.05) is 33.1 Å². The Morgan fingerprint density at radius 1 is 1.07 bits per heavy atom. The van der Waals surface area contributed by atoms with Crippen LogP contribution in [0.1, 0.15) is 5.56 Å². The van der Waals surface area contributed by atoms with Gasteiger partial charge in [-0.3, -0.25) is 0 Å². The van der Waals surface area contributed by atoms with Gasteiger partial charge in [0, 0.05) is 19.3 Å². The smallest absolute Gasteiger partial charge is 0.387 e. The minimum Gasteiger partial charge on any atom is -0.493 e. The van der Waals surface area contributed by atoms with E-state index in [4.69, 9.17) is 9.47 Å². The fourth-order valence-corrected chi connectivity index (χ4v) is 2.37. The van der Waals surface area contributed by atoms with Crippen LogP contribution < -0.4 is 19.5 Å². The minimum atomic E-state index is -2.88. The SMILES string of the molecule is COc1ccc(CCN(C)C(=O)Nc2ccc(OC(F)F)cc2)cc1OC. The average molecular weight is 380 g/mol. The van der Waals surface area contributed by atoms with Crippen molar-refractivity contribution in [3.05, 3.63) is 48.0 Å². The number of carbonyl (C=O) groups excluding carboxylic acids is 1. The number of hydrogen-bond donors (Lipinski definition) is 1. The number of alkyl halides is 2. The number of urea groups is 1. The number of likely N-dealkylation sites (N-methyl/N-ethyl adjacent to an activating group) is 1. The van der Waals surface area contributed by atoms with Crippen molar-refractivity contribution in [2.24, 2.45) is 0 Å². The third-order valence-electron chi connectivity index (χ3n) is 3.86. The maximum absolute atomic E-state index is 12.2. The molecule has 0 heterocycles. The fourth-order valence-electron chi connectivity index (χ4n) is 2.37. The number of hydrogen-bond acceptors (Lipinski definition) is 4. The molecule has 0 aromatic heterocycles. The Morgan fingerprint density at radius 2 is 1.74 bits per heavy atom. The van der Waals surface area contributed by atoms with Gasteiger partial charge in [-0.2, -0.15) is 8.78 Å². The molecule has 6 nitrogen and oxygen atoms in total. The Morgan fingerprint density at radius 3 is 2.33 bits per heavy atom. The lowest BCUT2D eigenvalue weighted by atomic mass is 10.1. The van der Waals surface area contributed by atoms with Crippen molar-refractivity contribution < 1.29 is 27.8 Å². The minimum absolute atomic E-state index is 0.0322. The molecule has 0 bridgehead atoms. The van der Waals surface area contributed by atoms with Crippen LogP contribution >= 0.6 is 0 Å². The number of ether oxygens (including phenoxy) is 3. The van der Waals surface area contributed by atoms with Crippen molar-refractivity contribution in [3.8, 4) is 17.2 Å². The lowest BCUT2D eigenvalue weighted by Gasteiger charge is -2.18. The Labute approximate surface area is 156 Å². The predicted octanol–water partition coefficient (Wildman–Crippen LogP) is 4.01. The van der Waals surface area contributed by atoms with Gasteiger partial charge in [-0.15, -0.1) is 0 Å². The van der Waals surface area contributed by atoms with Gasteiger partial charge in [-0.25, -0.2) is 4.79 Å². The third-order valence-corrected chi connectivity index (χ3v) is 3.86. The van der Waals surface area contributed by atoms with Gasteiger partial charge in [0.1, 0.15) is 5.75 Å². The van der Waals surface area contributed by atoms with E-state index in [9.17, 15) is 13.6 Å². The second kappa shape index (κ2) is 9.61. The number of rotatable bonds is 8. The predicted molar refractivity (Wildman–Crippen MR) is 98.0 cm³/mol. The van der Waals surface area contributed by atoms with Crippen LogP contribution in [0.2, 0.25) is 0 Å². The van der Waals surface area contributed by atoms with E-state index in [-0.39, 0.29) is 11.8 Å². The molecule has 27 heavy (non-hydrogen) atoms. The summed E-state index contributed by atoms with van der Waals surface area (Å²) >= 11 is 0. The van der Waals surface area contributed by atoms with E-state index in [1.807, 2.05) is 18.2 Å². The van der Waals surface area contributed by atoms with Gasteiger partial charge in [0.05, 0.1) is 14.2 Å². The van der Waals surface area contributed by atoms with E-state index in [0.29, 0.717) is 30.2 Å². The summed E-state index contributed by atoms with van der Waals surface area (Å²) in [5, 5.41) is 2.70. The first kappa shape index (κ1) is 20.3. The summed E-state index contributed by atoms with van der Waals surface area (Å²) < 4.78 is 39.0. The highest BCUT2D eigenvalue weighted by atomic mass is 19.3. The summed E-state index contributed by atoms with van der Waals surface area (Å²) in [6, 6.07) is 11.0. The number of amides is 2. The zero-order chi connectivity index (χ0) is 19.8. The molecular weight excluding hydrogens is 358 g/mol. The highest BCUT2D eigenvalue weighted by Gasteiger charge is 2.11. The lowest BCUT2D eigenvalue weighted by Crippen LogP contribution is -2.32. The second-order valence-electron chi connectivity index (χ2n) is 5.69. The van der Waals surface area contributed by atoms with Crippen molar-refractivity contribution in [1.82, 2.24) is 4.90 Å². The van der Waals surface area contributed by atoms with Crippen LogP contribution in [0.5, 0.6) is 17.2 Å². The van der Waals surface area contributed by atoms with Gasteiger partial charge in [0.2, 0.25) is 0 Å². The molecule has 2 aromatic rings. The molecule has 0 aliphatic heterocycles. The number of methoxy groups -OCH3 is 2. The molecule has 0 saturated carbocycles. The van der Waals surface area contributed by atoms with Crippen LogP contribution in [0.3, 0.4) is 0 Å². The normalized spacial score (nSPS) is 10.4. The highest BCUT2D eigenvalue weighted by Crippen LogP contribution is 2.27. The van der Waals surface area contributed by atoms with E-state index in [2.05, 4.69) is 10.1 Å². The first-order chi connectivity index (χ1) is 12.9. The van der Waals surface area contributed by atoms with Crippen LogP contribution in [0.15, 0.2) is 42.5 Å². The number of carbonyl (C=O) groups is 1. The largest absolute Gasteiger partial charge is 0.493 e. The van der Waals surface area contributed by atoms with Crippen LogP contribution in [-0.2, 0) is 6.42 Å². The van der Waals surface area contributed by atoms with Crippen molar-refractivity contribution in [3.63, 3.8) is 0 Å². The Balaban J connectivity index is 1.88. The molecule has 2 aromatic carbocycles. The summed E-state index contributed by atoms with van der Waals surface area (Å²) in [4.78, 5) is 13.8. The monoisotopic (exact) mass is 380 g/mol. The molecule has 146 valence electrons. The molecule has 2 amide bonds. The molecule has 0 spiro atoms. The molecular formula is C19H22F2N2O4. The maximum atomic E-state index is 12.2. The summed E-state index contributed by atoms with van der Waals surface area (Å²) in [5.74, 6) is 1.31. The fraction of sp³-hybridized carbons (Fsp3) is 0.316. The van der Waals surface area contributed by atoms with E-state index in [1.54, 1.807) is 21.3 Å². The van der Waals surface area contributed by atoms with Gasteiger partial charge in [0.25, 0.3) is 0 Å². The van der Waals surface area contributed by atoms with Gasteiger partial charge < -0.3 is 24.4 Å². The molecule has 0 aliphatic carbocycles. The number of halogens is 2. The van der Waals surface area contributed by atoms with Crippen LogP contribution in [-0.4, -0.2) is 45.4 Å².